The smallest absolute Gasteiger partial charge is 0.182 e. The Hall–Kier alpha value is -6.92. The summed E-state index contributed by atoms with van der Waals surface area (Å²) in [5, 5.41) is 2.19. The van der Waals surface area contributed by atoms with Crippen molar-refractivity contribution in [3.05, 3.63) is 168 Å². The predicted molar refractivity (Wildman–Crippen MR) is 220 cm³/mol. The van der Waals surface area contributed by atoms with Gasteiger partial charge in [0.1, 0.15) is 16.7 Å². The van der Waals surface area contributed by atoms with E-state index in [0.717, 1.165) is 90.4 Å². The first-order valence-electron chi connectivity index (χ1n) is 18.8. The minimum atomic E-state index is -0.198. The van der Waals surface area contributed by atoms with Crippen LogP contribution in [0.5, 0.6) is 0 Å². The largest absolute Gasteiger partial charge is 0.455 e. The third kappa shape index (κ3) is 4.95. The number of aromatic nitrogens is 4. The Bertz CT molecular complexity index is 3000. The second-order valence-corrected chi connectivity index (χ2v) is 14.9. The fraction of sp³-hybridized carbons (Fsp3) is 0.102. The van der Waals surface area contributed by atoms with E-state index < -0.39 is 0 Å². The fourth-order valence-corrected chi connectivity index (χ4v) is 8.60. The molecule has 0 unspecified atom stereocenters. The van der Waals surface area contributed by atoms with E-state index in [1.165, 1.54) is 23.1 Å². The molecule has 6 aromatic carbocycles. The Kier molecular flexibility index (Phi) is 6.92. The van der Waals surface area contributed by atoms with Crippen molar-refractivity contribution in [1.82, 2.24) is 19.9 Å². The Morgan fingerprint density at radius 1 is 0.564 bits per heavy atom. The van der Waals surface area contributed by atoms with Crippen LogP contribution in [0, 0.1) is 0 Å². The monoisotopic (exact) mass is 710 g/mol. The summed E-state index contributed by atoms with van der Waals surface area (Å²) in [7, 11) is 0. The highest BCUT2D eigenvalue weighted by molar-refractivity contribution is 6.13. The lowest BCUT2D eigenvalue weighted by atomic mass is 9.81. The first-order chi connectivity index (χ1) is 27.0. The number of nitrogens with zero attached hydrogens (tertiary/aromatic N) is 4. The van der Waals surface area contributed by atoms with Crippen LogP contribution in [0.25, 0.3) is 89.2 Å². The molecule has 2 aliphatic rings. The van der Waals surface area contributed by atoms with E-state index in [9.17, 15) is 0 Å². The normalized spacial score (nSPS) is 14.6. The van der Waals surface area contributed by atoms with Gasteiger partial charge in [0.25, 0.3) is 0 Å². The summed E-state index contributed by atoms with van der Waals surface area (Å²) in [5.41, 5.74) is 15.5. The Morgan fingerprint density at radius 2 is 1.24 bits per heavy atom. The number of hydrogen-bond donors (Lipinski definition) is 0. The number of para-hydroxylation sites is 2. The second kappa shape index (κ2) is 12.1. The minimum Gasteiger partial charge on any atom is -0.455 e. The van der Waals surface area contributed by atoms with Crippen LogP contribution in [0.1, 0.15) is 49.2 Å². The maximum atomic E-state index is 6.96. The first-order valence-corrected chi connectivity index (χ1v) is 18.8. The quantitative estimate of drug-likeness (QED) is 0.177. The molecule has 0 bridgehead atoms. The molecule has 0 aliphatic heterocycles. The third-order valence-corrected chi connectivity index (χ3v) is 11.4. The van der Waals surface area contributed by atoms with Crippen molar-refractivity contribution in [2.45, 2.75) is 32.1 Å². The van der Waals surface area contributed by atoms with E-state index >= 15 is 0 Å². The van der Waals surface area contributed by atoms with Gasteiger partial charge in [-0.1, -0.05) is 135 Å². The summed E-state index contributed by atoms with van der Waals surface area (Å²) in [6, 6.07) is 44.2. The zero-order chi connectivity index (χ0) is 36.7. The molecule has 0 N–H and O–H groups in total. The van der Waals surface area contributed by atoms with Crippen LogP contribution in [0.15, 0.2) is 155 Å². The van der Waals surface area contributed by atoms with Gasteiger partial charge in [0.15, 0.2) is 29.4 Å². The maximum absolute atomic E-state index is 6.96. The predicted octanol–water partition coefficient (Wildman–Crippen LogP) is 12.5. The summed E-state index contributed by atoms with van der Waals surface area (Å²) < 4.78 is 12.9. The molecule has 3 aromatic heterocycles. The number of oxazole rings is 1. The van der Waals surface area contributed by atoms with Gasteiger partial charge in [-0.05, 0) is 64.5 Å². The number of benzene rings is 6. The van der Waals surface area contributed by atoms with Crippen LogP contribution in [0.4, 0.5) is 0 Å². The average molecular weight is 711 g/mol. The number of rotatable bonds is 5. The second-order valence-electron chi connectivity index (χ2n) is 14.9. The summed E-state index contributed by atoms with van der Waals surface area (Å²) in [5.74, 6) is 2.03. The number of fused-ring (bicyclic) bond motifs is 8. The van der Waals surface area contributed by atoms with Gasteiger partial charge >= 0.3 is 0 Å². The van der Waals surface area contributed by atoms with Crippen LogP contribution < -0.4 is 0 Å². The Balaban J connectivity index is 1.02. The molecular formula is C49H34N4O2. The van der Waals surface area contributed by atoms with Crippen molar-refractivity contribution >= 4 is 44.2 Å². The summed E-state index contributed by atoms with van der Waals surface area (Å²) in [6.07, 6.45) is 7.77. The molecule has 11 rings (SSSR count). The van der Waals surface area contributed by atoms with Crippen LogP contribution in [-0.2, 0) is 5.41 Å². The lowest BCUT2D eigenvalue weighted by molar-refractivity contribution is 0.601. The van der Waals surface area contributed by atoms with Gasteiger partial charge in [-0.3, -0.25) is 0 Å². The van der Waals surface area contributed by atoms with Crippen molar-refractivity contribution in [3.8, 4) is 45.0 Å². The zero-order valence-electron chi connectivity index (χ0n) is 30.4. The van der Waals surface area contributed by atoms with Crippen LogP contribution in [0.2, 0.25) is 0 Å². The Morgan fingerprint density at radius 3 is 1.96 bits per heavy atom. The molecule has 0 radical (unpaired) electrons. The maximum Gasteiger partial charge on any atom is 0.182 e. The standard InChI is InChI=1S/C49H34N4O2/c1-49(2)39-24-25-41-45(54-28-50-41)42(39)38-23-22-32(27-40(38)49)35-19-11-21-37-36-20-10-18-34(43(36)55-44(35)37)31-16-9-17-33(26-31)48-52-46(29-12-5-3-6-13-29)51-47(53-48)30-14-7-4-8-15-30/h3-8,10-16,18-28H,9,17H2,1-2H3. The van der Waals surface area contributed by atoms with Crippen molar-refractivity contribution in [2.24, 2.45) is 0 Å². The lowest BCUT2D eigenvalue weighted by Crippen LogP contribution is -2.14. The average Bonchev–Trinajstić information content (AvgIpc) is 3.94. The highest BCUT2D eigenvalue weighted by Crippen LogP contribution is 2.52. The molecule has 0 atom stereocenters. The molecule has 9 aromatic rings. The summed E-state index contributed by atoms with van der Waals surface area (Å²) in [6.45, 7) is 4.58. The van der Waals surface area contributed by atoms with Gasteiger partial charge < -0.3 is 8.83 Å². The molecule has 55 heavy (non-hydrogen) atoms. The van der Waals surface area contributed by atoms with Crippen molar-refractivity contribution in [1.29, 1.82) is 0 Å². The van der Waals surface area contributed by atoms with Crippen LogP contribution in [-0.4, -0.2) is 19.9 Å². The molecule has 0 amide bonds. The Labute approximate surface area is 317 Å². The van der Waals surface area contributed by atoms with E-state index in [1.807, 2.05) is 60.7 Å². The van der Waals surface area contributed by atoms with Gasteiger partial charge in [0.05, 0.1) is 0 Å². The van der Waals surface area contributed by atoms with Crippen LogP contribution in [0.3, 0.4) is 0 Å². The number of furan rings is 1. The zero-order valence-corrected chi connectivity index (χ0v) is 30.4. The molecular weight excluding hydrogens is 677 g/mol. The van der Waals surface area contributed by atoms with Gasteiger partial charge in [-0.25, -0.2) is 19.9 Å². The fourth-order valence-electron chi connectivity index (χ4n) is 8.60. The summed E-state index contributed by atoms with van der Waals surface area (Å²) >= 11 is 0. The topological polar surface area (TPSA) is 77.8 Å². The molecule has 3 heterocycles. The van der Waals surface area contributed by atoms with E-state index in [2.05, 4.69) is 97.7 Å². The third-order valence-electron chi connectivity index (χ3n) is 11.4. The van der Waals surface area contributed by atoms with Gasteiger partial charge in [-0.2, -0.15) is 0 Å². The van der Waals surface area contributed by atoms with Gasteiger partial charge in [0, 0.05) is 44.0 Å². The molecule has 6 nitrogen and oxygen atoms in total. The summed E-state index contributed by atoms with van der Waals surface area (Å²) in [4.78, 5) is 19.4. The van der Waals surface area contributed by atoms with Crippen LogP contribution >= 0.6 is 0 Å². The first kappa shape index (κ1) is 31.6. The molecule has 0 saturated carbocycles. The van der Waals surface area contributed by atoms with E-state index in [1.54, 1.807) is 0 Å². The molecule has 0 saturated heterocycles. The molecule has 6 heteroatoms. The molecule has 0 spiro atoms. The van der Waals surface area contributed by atoms with Crippen molar-refractivity contribution < 1.29 is 8.83 Å². The molecule has 0 fully saturated rings. The highest BCUT2D eigenvalue weighted by Gasteiger charge is 2.38. The van der Waals surface area contributed by atoms with E-state index in [0.29, 0.717) is 17.5 Å². The van der Waals surface area contributed by atoms with E-state index in [4.69, 9.17) is 23.8 Å². The van der Waals surface area contributed by atoms with Gasteiger partial charge in [-0.15, -0.1) is 0 Å². The molecule has 262 valence electrons. The highest BCUT2D eigenvalue weighted by atomic mass is 16.3. The van der Waals surface area contributed by atoms with Gasteiger partial charge in [0.2, 0.25) is 0 Å². The van der Waals surface area contributed by atoms with E-state index in [-0.39, 0.29) is 5.41 Å². The molecule has 2 aliphatic carbocycles. The van der Waals surface area contributed by atoms with Crippen molar-refractivity contribution in [3.63, 3.8) is 0 Å². The number of hydrogen-bond acceptors (Lipinski definition) is 6. The van der Waals surface area contributed by atoms with Crippen molar-refractivity contribution in [2.75, 3.05) is 0 Å². The lowest BCUT2D eigenvalue weighted by Gasteiger charge is -2.22. The minimum absolute atomic E-state index is 0.198. The SMILES string of the molecule is CC1(C)c2cc(-c3cccc4c3oc3c(C5=CCCC(c6nc(-c7ccccc7)nc(-c7ccccc7)n6)=C5)cccc34)ccc2-c2c1ccc1ncoc21. The number of allylic oxidation sites excluding steroid dienone is 4.